The maximum atomic E-state index is 12.4. The number of carbonyl (C=O) groups excluding carboxylic acids is 3. The molecule has 2 fully saturated rings. The first-order valence-corrected chi connectivity index (χ1v) is 13.4. The topological polar surface area (TPSA) is 118 Å². The van der Waals surface area contributed by atoms with Crippen LogP contribution in [0.15, 0.2) is 24.3 Å². The van der Waals surface area contributed by atoms with E-state index in [4.69, 9.17) is 14.2 Å². The van der Waals surface area contributed by atoms with Crippen LogP contribution in [0.25, 0.3) is 0 Å². The quantitative estimate of drug-likeness (QED) is 0.195. The largest absolute Gasteiger partial charge is 0.464 e. The van der Waals surface area contributed by atoms with Gasteiger partial charge in [-0.2, -0.15) is 0 Å². The number of imide groups is 1. The van der Waals surface area contributed by atoms with Gasteiger partial charge in [-0.15, -0.1) is 0 Å². The Labute approximate surface area is 219 Å². The van der Waals surface area contributed by atoms with Crippen molar-refractivity contribution >= 4 is 23.6 Å². The summed E-state index contributed by atoms with van der Waals surface area (Å²) in [6.45, 7) is 7.02. The van der Waals surface area contributed by atoms with Crippen LogP contribution in [0.4, 0.5) is 10.5 Å². The van der Waals surface area contributed by atoms with Crippen LogP contribution in [-0.4, -0.2) is 86.6 Å². The van der Waals surface area contributed by atoms with Gasteiger partial charge in [0.1, 0.15) is 12.6 Å². The summed E-state index contributed by atoms with van der Waals surface area (Å²) in [6.07, 6.45) is 4.42. The highest BCUT2D eigenvalue weighted by Gasteiger charge is 2.39. The summed E-state index contributed by atoms with van der Waals surface area (Å²) < 4.78 is 16.2. The zero-order chi connectivity index (χ0) is 26.5. The smallest absolute Gasteiger partial charge is 0.329 e. The molecule has 0 bridgehead atoms. The maximum absolute atomic E-state index is 12.4. The van der Waals surface area contributed by atoms with Gasteiger partial charge in [0.05, 0.1) is 19.3 Å². The number of nitrogens with zero attached hydrogens (tertiary/aromatic N) is 2. The minimum absolute atomic E-state index is 0.247. The number of nitrogens with one attached hydrogen (secondary N) is 1. The molecule has 2 heterocycles. The predicted molar refractivity (Wildman–Crippen MR) is 138 cm³/mol. The number of hydrogen-bond acceptors (Lipinski definition) is 8. The van der Waals surface area contributed by atoms with Crippen molar-refractivity contribution in [2.45, 2.75) is 64.0 Å². The Morgan fingerprint density at radius 1 is 1.11 bits per heavy atom. The Kier molecular flexibility index (Phi) is 12.3. The average molecular weight is 520 g/mol. The van der Waals surface area contributed by atoms with Crippen LogP contribution in [0.2, 0.25) is 0 Å². The van der Waals surface area contributed by atoms with Gasteiger partial charge in [-0.05, 0) is 30.5 Å². The third-order valence-electron chi connectivity index (χ3n) is 6.68. The number of esters is 1. The van der Waals surface area contributed by atoms with E-state index in [0.29, 0.717) is 44.7 Å². The summed E-state index contributed by atoms with van der Waals surface area (Å²) in [7, 11) is 0. The lowest BCUT2D eigenvalue weighted by Crippen LogP contribution is -2.38. The van der Waals surface area contributed by atoms with Crippen molar-refractivity contribution in [1.82, 2.24) is 10.2 Å². The van der Waals surface area contributed by atoms with E-state index in [-0.39, 0.29) is 24.9 Å². The van der Waals surface area contributed by atoms with Crippen molar-refractivity contribution in [3.63, 3.8) is 0 Å². The summed E-state index contributed by atoms with van der Waals surface area (Å²) in [5.41, 5.74) is 1.39. The second kappa shape index (κ2) is 15.7. The summed E-state index contributed by atoms with van der Waals surface area (Å²) >= 11 is 0. The molecule has 0 aliphatic carbocycles. The number of urea groups is 1. The van der Waals surface area contributed by atoms with Gasteiger partial charge in [-0.25, -0.2) is 4.79 Å². The van der Waals surface area contributed by atoms with E-state index in [1.165, 1.54) is 4.90 Å². The zero-order valence-electron chi connectivity index (χ0n) is 21.9. The van der Waals surface area contributed by atoms with Crippen LogP contribution < -0.4 is 10.2 Å². The monoisotopic (exact) mass is 519 g/mol. The minimum Gasteiger partial charge on any atom is -0.464 e. The molecule has 0 radical (unpaired) electrons. The summed E-state index contributed by atoms with van der Waals surface area (Å²) in [6, 6.07) is 5.99. The lowest BCUT2D eigenvalue weighted by Gasteiger charge is -2.26. The van der Waals surface area contributed by atoms with Gasteiger partial charge >= 0.3 is 12.0 Å². The Morgan fingerprint density at radius 2 is 1.86 bits per heavy atom. The predicted octanol–water partition coefficient (Wildman–Crippen LogP) is 2.79. The first-order chi connectivity index (χ1) is 18.0. The first-order valence-electron chi connectivity index (χ1n) is 13.4. The minimum atomic E-state index is -0.669. The number of amides is 3. The SMILES string of the molecule is CCCCCC(O)c1ccc(N2C(=O)NC(=O)[C@@H]2CCOCCCC(=O)OCCN2CCOCC2)cc1. The number of rotatable bonds is 16. The number of ether oxygens (including phenoxy) is 3. The number of carbonyl (C=O) groups is 3. The zero-order valence-corrected chi connectivity index (χ0v) is 21.9. The lowest BCUT2D eigenvalue weighted by atomic mass is 10.0. The highest BCUT2D eigenvalue weighted by Crippen LogP contribution is 2.26. The molecular weight excluding hydrogens is 478 g/mol. The van der Waals surface area contributed by atoms with Crippen LogP contribution >= 0.6 is 0 Å². The molecule has 3 amide bonds. The molecule has 2 N–H and O–H groups in total. The number of aliphatic hydroxyl groups is 1. The van der Waals surface area contributed by atoms with Crippen LogP contribution in [0.5, 0.6) is 0 Å². The molecule has 0 aromatic heterocycles. The number of anilines is 1. The summed E-state index contributed by atoms with van der Waals surface area (Å²) in [5.74, 6) is -0.608. The van der Waals surface area contributed by atoms with Crippen LogP contribution in [-0.2, 0) is 23.8 Å². The van der Waals surface area contributed by atoms with Crippen LogP contribution in [0, 0.1) is 0 Å². The molecular formula is C27H41N3O7. The molecule has 1 aromatic rings. The fourth-order valence-electron chi connectivity index (χ4n) is 4.48. The summed E-state index contributed by atoms with van der Waals surface area (Å²) in [5, 5.41) is 12.7. The van der Waals surface area contributed by atoms with E-state index < -0.39 is 18.2 Å². The highest BCUT2D eigenvalue weighted by molar-refractivity contribution is 6.14. The molecule has 10 nitrogen and oxygen atoms in total. The molecule has 2 aliphatic heterocycles. The molecule has 0 saturated carbocycles. The maximum Gasteiger partial charge on any atom is 0.329 e. The Hall–Kier alpha value is -2.53. The number of aliphatic hydroxyl groups excluding tert-OH is 1. The van der Waals surface area contributed by atoms with Gasteiger partial charge < -0.3 is 19.3 Å². The van der Waals surface area contributed by atoms with E-state index >= 15 is 0 Å². The molecule has 10 heteroatoms. The number of unbranched alkanes of at least 4 members (excludes halogenated alkanes) is 2. The Morgan fingerprint density at radius 3 is 2.59 bits per heavy atom. The van der Waals surface area contributed by atoms with Crippen LogP contribution in [0.3, 0.4) is 0 Å². The van der Waals surface area contributed by atoms with Crippen molar-refractivity contribution in [1.29, 1.82) is 0 Å². The first kappa shape index (κ1) is 29.0. The van der Waals surface area contributed by atoms with Gasteiger partial charge in [0.15, 0.2) is 0 Å². The second-order valence-electron chi connectivity index (χ2n) is 9.46. The van der Waals surface area contributed by atoms with E-state index in [2.05, 4.69) is 17.1 Å². The molecule has 3 rings (SSSR count). The molecule has 2 atom stereocenters. The Balaban J connectivity index is 1.35. The average Bonchev–Trinajstić information content (AvgIpc) is 3.19. The normalized spacial score (nSPS) is 19.2. The van der Waals surface area contributed by atoms with Crippen LogP contribution in [0.1, 0.15) is 63.5 Å². The molecule has 2 aliphatic rings. The van der Waals surface area contributed by atoms with Crippen molar-refractivity contribution < 1.29 is 33.7 Å². The Bertz CT molecular complexity index is 858. The third kappa shape index (κ3) is 9.37. The third-order valence-corrected chi connectivity index (χ3v) is 6.68. The standard InChI is InChI=1S/C27H41N3O7/c1-2-3-4-6-24(31)21-8-10-22(11-9-21)30-23(26(33)28-27(30)34)12-17-35-16-5-7-25(32)37-20-15-29-13-18-36-19-14-29/h8-11,23-24,31H,2-7,12-20H2,1H3,(H,28,33,34)/t23-,24?/m0/s1. The van der Waals surface area contributed by atoms with Crippen molar-refractivity contribution in [2.75, 3.05) is 57.6 Å². The fraction of sp³-hybridized carbons (Fsp3) is 0.667. The van der Waals surface area contributed by atoms with E-state index in [0.717, 1.165) is 51.1 Å². The van der Waals surface area contributed by atoms with Gasteiger partial charge in [0.25, 0.3) is 5.91 Å². The van der Waals surface area contributed by atoms with E-state index in [1.807, 2.05) is 0 Å². The highest BCUT2D eigenvalue weighted by atomic mass is 16.5. The molecule has 206 valence electrons. The number of hydrogen-bond donors (Lipinski definition) is 2. The van der Waals surface area contributed by atoms with Gasteiger partial charge in [-0.3, -0.25) is 24.7 Å². The molecule has 37 heavy (non-hydrogen) atoms. The molecule has 0 spiro atoms. The van der Waals surface area contributed by atoms with Gasteiger partial charge in [-0.1, -0.05) is 38.3 Å². The number of benzene rings is 1. The second-order valence-corrected chi connectivity index (χ2v) is 9.46. The van der Waals surface area contributed by atoms with Crippen molar-refractivity contribution in [3.8, 4) is 0 Å². The van der Waals surface area contributed by atoms with Crippen molar-refractivity contribution in [3.05, 3.63) is 29.8 Å². The van der Waals surface area contributed by atoms with E-state index in [1.54, 1.807) is 24.3 Å². The van der Waals surface area contributed by atoms with Gasteiger partial charge in [0, 0.05) is 51.4 Å². The fourth-order valence-corrected chi connectivity index (χ4v) is 4.48. The van der Waals surface area contributed by atoms with Crippen molar-refractivity contribution in [2.24, 2.45) is 0 Å². The molecule has 2 saturated heterocycles. The van der Waals surface area contributed by atoms with E-state index in [9.17, 15) is 19.5 Å². The lowest BCUT2D eigenvalue weighted by molar-refractivity contribution is -0.144. The summed E-state index contributed by atoms with van der Waals surface area (Å²) in [4.78, 5) is 40.3. The van der Waals surface area contributed by atoms with Gasteiger partial charge in [0.2, 0.25) is 0 Å². The number of morpholine rings is 1. The molecule has 1 unspecified atom stereocenters. The molecule has 1 aromatic carbocycles.